The van der Waals surface area contributed by atoms with Crippen LogP contribution in [0.4, 0.5) is 0 Å². The highest BCUT2D eigenvalue weighted by Gasteiger charge is 2.11. The van der Waals surface area contributed by atoms with Crippen LogP contribution in [0.25, 0.3) is 0 Å². The molecular formula is C16H18ClNO. The van der Waals surface area contributed by atoms with Gasteiger partial charge in [-0.3, -0.25) is 0 Å². The zero-order valence-electron chi connectivity index (χ0n) is 11.2. The molecule has 0 amide bonds. The first-order valence-corrected chi connectivity index (χ1v) is 6.63. The molecule has 19 heavy (non-hydrogen) atoms. The first kappa shape index (κ1) is 13.9. The highest BCUT2D eigenvalue weighted by molar-refractivity contribution is 6.31. The Labute approximate surface area is 119 Å². The molecule has 0 saturated carbocycles. The first-order valence-electron chi connectivity index (χ1n) is 6.25. The molecule has 0 aliphatic rings. The number of rotatable bonds is 4. The van der Waals surface area contributed by atoms with E-state index in [0.29, 0.717) is 0 Å². The van der Waals surface area contributed by atoms with Crippen molar-refractivity contribution in [2.24, 2.45) is 5.73 Å². The number of benzene rings is 2. The summed E-state index contributed by atoms with van der Waals surface area (Å²) >= 11 is 6.13. The van der Waals surface area contributed by atoms with Gasteiger partial charge in [-0.1, -0.05) is 35.9 Å². The molecule has 3 heteroatoms. The molecule has 0 fully saturated rings. The van der Waals surface area contributed by atoms with Gasteiger partial charge in [0, 0.05) is 11.1 Å². The highest BCUT2D eigenvalue weighted by Crippen LogP contribution is 2.25. The smallest absolute Gasteiger partial charge is 0.118 e. The fourth-order valence-electron chi connectivity index (χ4n) is 2.15. The summed E-state index contributed by atoms with van der Waals surface area (Å²) in [6.45, 7) is 2.01. The normalized spacial score (nSPS) is 12.2. The number of hydrogen-bond donors (Lipinski definition) is 1. The minimum atomic E-state index is -0.0490. The predicted molar refractivity (Wildman–Crippen MR) is 79.8 cm³/mol. The summed E-state index contributed by atoms with van der Waals surface area (Å²) in [6, 6.07) is 13.8. The van der Waals surface area contributed by atoms with Crippen LogP contribution in [0.15, 0.2) is 42.5 Å². The summed E-state index contributed by atoms with van der Waals surface area (Å²) in [5, 5.41) is 0.766. The molecule has 0 spiro atoms. The van der Waals surface area contributed by atoms with Crippen LogP contribution < -0.4 is 10.5 Å². The Balaban J connectivity index is 2.15. The Kier molecular flexibility index (Phi) is 4.46. The van der Waals surface area contributed by atoms with Crippen molar-refractivity contribution in [2.75, 3.05) is 7.11 Å². The third kappa shape index (κ3) is 3.28. The largest absolute Gasteiger partial charge is 0.497 e. The van der Waals surface area contributed by atoms with Crippen molar-refractivity contribution < 1.29 is 4.74 Å². The molecule has 2 aromatic carbocycles. The lowest BCUT2D eigenvalue weighted by atomic mass is 9.96. The molecule has 1 atom stereocenters. The van der Waals surface area contributed by atoms with E-state index in [1.165, 1.54) is 5.56 Å². The summed E-state index contributed by atoms with van der Waals surface area (Å²) in [4.78, 5) is 0. The lowest BCUT2D eigenvalue weighted by Gasteiger charge is -2.16. The SMILES string of the molecule is COc1ccc(CC(N)c2cccc(Cl)c2C)cc1. The molecule has 0 bridgehead atoms. The van der Waals surface area contributed by atoms with Gasteiger partial charge >= 0.3 is 0 Å². The molecule has 0 saturated heterocycles. The summed E-state index contributed by atoms with van der Waals surface area (Å²) in [5.74, 6) is 0.858. The van der Waals surface area contributed by atoms with Gasteiger partial charge in [0.2, 0.25) is 0 Å². The maximum Gasteiger partial charge on any atom is 0.118 e. The van der Waals surface area contributed by atoms with Crippen LogP contribution in [0.5, 0.6) is 5.75 Å². The second-order valence-corrected chi connectivity index (χ2v) is 5.02. The molecule has 0 radical (unpaired) electrons. The summed E-state index contributed by atoms with van der Waals surface area (Å²) in [5.41, 5.74) is 9.63. The number of hydrogen-bond acceptors (Lipinski definition) is 2. The Morgan fingerprint density at radius 3 is 2.47 bits per heavy atom. The van der Waals surface area contributed by atoms with Gasteiger partial charge in [0.25, 0.3) is 0 Å². The fourth-order valence-corrected chi connectivity index (χ4v) is 2.33. The monoisotopic (exact) mass is 275 g/mol. The second-order valence-electron chi connectivity index (χ2n) is 4.61. The molecule has 2 nitrogen and oxygen atoms in total. The summed E-state index contributed by atoms with van der Waals surface area (Å²) < 4.78 is 5.14. The number of methoxy groups -OCH3 is 1. The van der Waals surface area contributed by atoms with Crippen LogP contribution in [-0.2, 0) is 6.42 Å². The average Bonchev–Trinajstić information content (AvgIpc) is 2.42. The van der Waals surface area contributed by atoms with E-state index in [-0.39, 0.29) is 6.04 Å². The van der Waals surface area contributed by atoms with Crippen molar-refractivity contribution in [3.63, 3.8) is 0 Å². The fraction of sp³-hybridized carbons (Fsp3) is 0.250. The topological polar surface area (TPSA) is 35.2 Å². The molecule has 0 heterocycles. The zero-order chi connectivity index (χ0) is 13.8. The molecule has 0 aliphatic heterocycles. The average molecular weight is 276 g/mol. The van der Waals surface area contributed by atoms with Gasteiger partial charge in [-0.2, -0.15) is 0 Å². The van der Waals surface area contributed by atoms with Gasteiger partial charge in [-0.25, -0.2) is 0 Å². The highest BCUT2D eigenvalue weighted by atomic mass is 35.5. The van der Waals surface area contributed by atoms with Crippen molar-refractivity contribution in [2.45, 2.75) is 19.4 Å². The molecule has 0 aromatic heterocycles. The summed E-state index contributed by atoms with van der Waals surface area (Å²) in [7, 11) is 1.66. The van der Waals surface area contributed by atoms with E-state index in [1.54, 1.807) is 7.11 Å². The van der Waals surface area contributed by atoms with Crippen LogP contribution in [0.1, 0.15) is 22.7 Å². The van der Waals surface area contributed by atoms with Gasteiger partial charge in [0.05, 0.1) is 7.11 Å². The Hall–Kier alpha value is -1.51. The van der Waals surface area contributed by atoms with Gasteiger partial charge in [-0.15, -0.1) is 0 Å². The van der Waals surface area contributed by atoms with E-state index in [0.717, 1.165) is 28.3 Å². The van der Waals surface area contributed by atoms with E-state index < -0.39 is 0 Å². The molecule has 2 N–H and O–H groups in total. The second kappa shape index (κ2) is 6.09. The summed E-state index contributed by atoms with van der Waals surface area (Å²) in [6.07, 6.45) is 0.783. The van der Waals surface area contributed by atoms with E-state index in [1.807, 2.05) is 49.4 Å². The van der Waals surface area contributed by atoms with E-state index in [4.69, 9.17) is 22.1 Å². The Morgan fingerprint density at radius 2 is 1.84 bits per heavy atom. The maximum absolute atomic E-state index is 6.28. The standard InChI is InChI=1S/C16H18ClNO/c1-11-14(4-3-5-15(11)17)16(18)10-12-6-8-13(19-2)9-7-12/h3-9,16H,10,18H2,1-2H3. The van der Waals surface area contributed by atoms with Crippen molar-refractivity contribution in [3.05, 3.63) is 64.2 Å². The van der Waals surface area contributed by atoms with Crippen molar-refractivity contribution in [1.29, 1.82) is 0 Å². The number of halogens is 1. The molecule has 2 aromatic rings. The van der Waals surface area contributed by atoms with Gasteiger partial charge in [0.15, 0.2) is 0 Å². The molecule has 1 unspecified atom stereocenters. The minimum Gasteiger partial charge on any atom is -0.497 e. The first-order chi connectivity index (χ1) is 9.11. The molecule has 100 valence electrons. The van der Waals surface area contributed by atoms with Crippen LogP contribution in [-0.4, -0.2) is 7.11 Å². The van der Waals surface area contributed by atoms with Crippen LogP contribution >= 0.6 is 11.6 Å². The van der Waals surface area contributed by atoms with Crippen LogP contribution in [0.3, 0.4) is 0 Å². The van der Waals surface area contributed by atoms with E-state index in [9.17, 15) is 0 Å². The Bertz CT molecular complexity index is 551. The lowest BCUT2D eigenvalue weighted by Crippen LogP contribution is -2.14. The van der Waals surface area contributed by atoms with Gasteiger partial charge in [0.1, 0.15) is 5.75 Å². The van der Waals surface area contributed by atoms with E-state index in [2.05, 4.69) is 0 Å². The van der Waals surface area contributed by atoms with Crippen LogP contribution in [0, 0.1) is 6.92 Å². The van der Waals surface area contributed by atoms with Crippen molar-refractivity contribution in [3.8, 4) is 5.75 Å². The number of ether oxygens (including phenoxy) is 1. The molecular weight excluding hydrogens is 258 g/mol. The zero-order valence-corrected chi connectivity index (χ0v) is 11.9. The maximum atomic E-state index is 6.28. The predicted octanol–water partition coefficient (Wildman–Crippen LogP) is 3.90. The van der Waals surface area contributed by atoms with Gasteiger partial charge < -0.3 is 10.5 Å². The molecule has 0 aliphatic carbocycles. The van der Waals surface area contributed by atoms with Crippen molar-refractivity contribution >= 4 is 11.6 Å². The molecule has 2 rings (SSSR count). The third-order valence-electron chi connectivity index (χ3n) is 3.32. The number of nitrogens with two attached hydrogens (primary N) is 1. The van der Waals surface area contributed by atoms with E-state index >= 15 is 0 Å². The van der Waals surface area contributed by atoms with Crippen LogP contribution in [0.2, 0.25) is 5.02 Å². The minimum absolute atomic E-state index is 0.0490. The lowest BCUT2D eigenvalue weighted by molar-refractivity contribution is 0.414. The van der Waals surface area contributed by atoms with Crippen molar-refractivity contribution in [1.82, 2.24) is 0 Å². The third-order valence-corrected chi connectivity index (χ3v) is 3.73. The van der Waals surface area contributed by atoms with Gasteiger partial charge in [-0.05, 0) is 48.2 Å². The Morgan fingerprint density at radius 1 is 1.16 bits per heavy atom. The quantitative estimate of drug-likeness (QED) is 0.918.